The molecule has 7 heteroatoms. The highest BCUT2D eigenvalue weighted by Crippen LogP contribution is 2.20. The minimum absolute atomic E-state index is 0.0956. The van der Waals surface area contributed by atoms with E-state index in [9.17, 15) is 18.0 Å². The fourth-order valence-corrected chi connectivity index (χ4v) is 0.461. The molecule has 4 nitrogen and oxygen atoms in total. The van der Waals surface area contributed by atoms with Gasteiger partial charge >= 0.3 is 6.18 Å². The monoisotopic (exact) mass is 212 g/mol. The first-order valence-electron chi connectivity index (χ1n) is 3.67. The fourth-order valence-electron chi connectivity index (χ4n) is 0.461. The Morgan fingerprint density at radius 2 is 1.86 bits per heavy atom. The van der Waals surface area contributed by atoms with E-state index in [-0.39, 0.29) is 5.84 Å². The molecule has 0 aliphatic heterocycles. The number of rotatable bonds is 1. The van der Waals surface area contributed by atoms with Gasteiger partial charge in [0.15, 0.2) is 0 Å². The van der Waals surface area contributed by atoms with Gasteiger partial charge in [-0.2, -0.15) is 18.2 Å². The van der Waals surface area contributed by atoms with Crippen molar-refractivity contribution in [3.63, 3.8) is 0 Å². The van der Waals surface area contributed by atoms with Gasteiger partial charge in [0.25, 0.3) is 5.91 Å². The van der Waals surface area contributed by atoms with E-state index in [4.69, 9.17) is 5.11 Å². The molecule has 1 unspecified atom stereocenters. The van der Waals surface area contributed by atoms with Crippen LogP contribution >= 0.6 is 0 Å². The van der Waals surface area contributed by atoms with Gasteiger partial charge in [-0.05, 0) is 6.92 Å². The van der Waals surface area contributed by atoms with Gasteiger partial charge in [0.2, 0.25) is 6.10 Å². The maximum Gasteiger partial charge on any atom is 0.423 e. The molecule has 1 amide bonds. The molecule has 0 aromatic heterocycles. The van der Waals surface area contributed by atoms with Crippen LogP contribution < -0.4 is 0 Å². The standard InChI is InChI=1S/C7H11F3N2O2/c1-4(12(2)3)11-6(14)5(13)7(8,9)10/h5,13H,1-3H3/b11-4+. The van der Waals surface area contributed by atoms with Crippen LogP contribution in [0, 0.1) is 0 Å². The average molecular weight is 212 g/mol. The number of carbonyl (C=O) groups excluding carboxylic acids is 1. The number of halogens is 3. The molecule has 0 spiro atoms. The van der Waals surface area contributed by atoms with Crippen molar-refractivity contribution in [2.45, 2.75) is 19.2 Å². The molecule has 1 atom stereocenters. The molecule has 14 heavy (non-hydrogen) atoms. The molecule has 0 aliphatic rings. The summed E-state index contributed by atoms with van der Waals surface area (Å²) in [7, 11) is 3.04. The average Bonchev–Trinajstić information content (AvgIpc) is 2.00. The zero-order valence-electron chi connectivity index (χ0n) is 7.96. The van der Waals surface area contributed by atoms with E-state index in [0.717, 1.165) is 0 Å². The van der Waals surface area contributed by atoms with Crippen LogP contribution in [0.4, 0.5) is 13.2 Å². The van der Waals surface area contributed by atoms with Crippen molar-refractivity contribution < 1.29 is 23.1 Å². The van der Waals surface area contributed by atoms with Crippen LogP contribution in [0.1, 0.15) is 6.92 Å². The molecule has 0 aromatic rings. The lowest BCUT2D eigenvalue weighted by molar-refractivity contribution is -0.203. The van der Waals surface area contributed by atoms with Crippen molar-refractivity contribution in [2.24, 2.45) is 4.99 Å². The van der Waals surface area contributed by atoms with Crippen LogP contribution in [0.5, 0.6) is 0 Å². The van der Waals surface area contributed by atoms with Gasteiger partial charge in [-0.1, -0.05) is 0 Å². The minimum Gasteiger partial charge on any atom is -0.376 e. The van der Waals surface area contributed by atoms with E-state index in [1.807, 2.05) is 0 Å². The third-order valence-corrected chi connectivity index (χ3v) is 1.46. The predicted octanol–water partition coefficient (Wildman–Crippen LogP) is 0.416. The summed E-state index contributed by atoms with van der Waals surface area (Å²) in [6, 6.07) is 0. The number of alkyl halides is 3. The van der Waals surface area contributed by atoms with Crippen molar-refractivity contribution in [1.29, 1.82) is 0 Å². The molecule has 1 N–H and O–H groups in total. The molecule has 0 aromatic carbocycles. The van der Waals surface area contributed by atoms with E-state index < -0.39 is 18.2 Å². The first-order chi connectivity index (χ1) is 6.16. The van der Waals surface area contributed by atoms with E-state index in [1.165, 1.54) is 25.9 Å². The zero-order chi connectivity index (χ0) is 11.5. The Labute approximate surface area is 79.0 Å². The highest BCUT2D eigenvalue weighted by Gasteiger charge is 2.43. The molecule has 0 saturated carbocycles. The summed E-state index contributed by atoms with van der Waals surface area (Å²) >= 11 is 0. The Morgan fingerprint density at radius 3 is 2.14 bits per heavy atom. The lowest BCUT2D eigenvalue weighted by Crippen LogP contribution is -2.36. The molecule has 0 bridgehead atoms. The largest absolute Gasteiger partial charge is 0.423 e. The number of carbonyl (C=O) groups is 1. The number of nitrogens with zero attached hydrogens (tertiary/aromatic N) is 2. The van der Waals surface area contributed by atoms with Gasteiger partial charge in [-0.15, -0.1) is 0 Å². The first kappa shape index (κ1) is 12.9. The van der Waals surface area contributed by atoms with Gasteiger partial charge in [0, 0.05) is 14.1 Å². The number of hydrogen-bond acceptors (Lipinski definition) is 2. The minimum atomic E-state index is -4.97. The second-order valence-corrected chi connectivity index (χ2v) is 2.84. The van der Waals surface area contributed by atoms with E-state index in [0.29, 0.717) is 0 Å². The molecule has 0 fully saturated rings. The number of aliphatic hydroxyl groups is 1. The van der Waals surface area contributed by atoms with Crippen molar-refractivity contribution >= 4 is 11.7 Å². The van der Waals surface area contributed by atoms with Crippen LogP contribution in [0.3, 0.4) is 0 Å². The number of aliphatic hydroxyl groups excluding tert-OH is 1. The molecule has 0 saturated heterocycles. The second kappa shape index (κ2) is 4.41. The van der Waals surface area contributed by atoms with Crippen molar-refractivity contribution in [1.82, 2.24) is 4.90 Å². The third kappa shape index (κ3) is 3.73. The lowest BCUT2D eigenvalue weighted by atomic mass is 10.3. The van der Waals surface area contributed by atoms with Gasteiger partial charge < -0.3 is 10.0 Å². The molecule has 0 heterocycles. The summed E-state index contributed by atoms with van der Waals surface area (Å²) < 4.78 is 35.4. The van der Waals surface area contributed by atoms with Gasteiger partial charge in [0.1, 0.15) is 5.84 Å². The summed E-state index contributed by atoms with van der Waals surface area (Å²) in [5.74, 6) is -1.51. The summed E-state index contributed by atoms with van der Waals surface area (Å²) in [5, 5.41) is 8.48. The van der Waals surface area contributed by atoms with Gasteiger partial charge in [-0.25, -0.2) is 0 Å². The molecule has 0 aliphatic carbocycles. The second-order valence-electron chi connectivity index (χ2n) is 2.84. The SMILES string of the molecule is C/C(=N\C(=O)C(O)C(F)(F)F)N(C)C. The Morgan fingerprint density at radius 1 is 1.43 bits per heavy atom. The van der Waals surface area contributed by atoms with E-state index >= 15 is 0 Å². The Hall–Kier alpha value is -1.11. The Bertz CT molecular complexity index is 248. The van der Waals surface area contributed by atoms with Crippen LogP contribution in [-0.4, -0.2) is 48.1 Å². The smallest absolute Gasteiger partial charge is 0.376 e. The predicted molar refractivity (Wildman–Crippen MR) is 43.9 cm³/mol. The number of amidine groups is 1. The van der Waals surface area contributed by atoms with Crippen LogP contribution in [0.2, 0.25) is 0 Å². The summed E-state index contributed by atoms with van der Waals surface area (Å²) in [4.78, 5) is 15.2. The summed E-state index contributed by atoms with van der Waals surface area (Å²) in [6.07, 6.45) is -8.01. The van der Waals surface area contributed by atoms with Gasteiger partial charge in [0.05, 0.1) is 0 Å². The molecule has 0 rings (SSSR count). The normalized spacial score (nSPS) is 15.2. The third-order valence-electron chi connectivity index (χ3n) is 1.46. The fraction of sp³-hybridized carbons (Fsp3) is 0.714. The first-order valence-corrected chi connectivity index (χ1v) is 3.67. The van der Waals surface area contributed by atoms with E-state index in [2.05, 4.69) is 4.99 Å². The van der Waals surface area contributed by atoms with Crippen molar-refractivity contribution in [3.05, 3.63) is 0 Å². The topological polar surface area (TPSA) is 52.9 Å². The molecule has 0 radical (unpaired) electrons. The number of aliphatic imine (C=N–C) groups is 1. The van der Waals surface area contributed by atoms with Crippen LogP contribution in [0.25, 0.3) is 0 Å². The number of hydrogen-bond donors (Lipinski definition) is 1. The van der Waals surface area contributed by atoms with Crippen LogP contribution in [-0.2, 0) is 4.79 Å². The van der Waals surface area contributed by atoms with Gasteiger partial charge in [-0.3, -0.25) is 4.79 Å². The summed E-state index contributed by atoms with van der Waals surface area (Å²) in [6.45, 7) is 1.36. The zero-order valence-corrected chi connectivity index (χ0v) is 7.96. The number of amides is 1. The summed E-state index contributed by atoms with van der Waals surface area (Å²) in [5.41, 5.74) is 0. The lowest BCUT2D eigenvalue weighted by Gasteiger charge is -2.13. The van der Waals surface area contributed by atoms with Crippen molar-refractivity contribution in [2.75, 3.05) is 14.1 Å². The quantitative estimate of drug-likeness (QED) is 0.506. The molecular formula is C7H11F3N2O2. The van der Waals surface area contributed by atoms with Crippen LogP contribution in [0.15, 0.2) is 4.99 Å². The maximum absolute atomic E-state index is 11.8. The maximum atomic E-state index is 11.8. The Balaban J connectivity index is 4.59. The Kier molecular flexibility index (Phi) is 4.06. The van der Waals surface area contributed by atoms with E-state index in [1.54, 1.807) is 0 Å². The molecule has 82 valence electrons. The highest BCUT2D eigenvalue weighted by molar-refractivity contribution is 5.95. The van der Waals surface area contributed by atoms with Crippen molar-refractivity contribution in [3.8, 4) is 0 Å². The molecular weight excluding hydrogens is 201 g/mol. The highest BCUT2D eigenvalue weighted by atomic mass is 19.4.